The highest BCUT2D eigenvalue weighted by Gasteiger charge is 2.46. The largest absolute Gasteiger partial charge is 0.507 e. The van der Waals surface area contributed by atoms with Gasteiger partial charge in [-0.1, -0.05) is 19.9 Å². The van der Waals surface area contributed by atoms with E-state index >= 15 is 0 Å². The maximum atomic E-state index is 13.5. The fourth-order valence-corrected chi connectivity index (χ4v) is 5.02. The Morgan fingerprint density at radius 3 is 2.36 bits per heavy atom. The number of H-pyrrole nitrogens is 1. The van der Waals surface area contributed by atoms with Gasteiger partial charge in [0, 0.05) is 24.3 Å². The van der Waals surface area contributed by atoms with Crippen molar-refractivity contribution in [1.82, 2.24) is 14.8 Å². The number of benzene rings is 1. The van der Waals surface area contributed by atoms with Gasteiger partial charge in [-0.2, -0.15) is 0 Å². The summed E-state index contributed by atoms with van der Waals surface area (Å²) in [7, 11) is 1.52. The quantitative estimate of drug-likeness (QED) is 0.179. The van der Waals surface area contributed by atoms with Crippen molar-refractivity contribution in [2.45, 2.75) is 47.6 Å². The van der Waals surface area contributed by atoms with E-state index in [0.717, 1.165) is 13.1 Å². The topological polar surface area (TPSA) is 121 Å². The number of aliphatic hydroxyl groups excluding tert-OH is 1. The first kappa shape index (κ1) is 29.8. The molecule has 3 rings (SSSR count). The van der Waals surface area contributed by atoms with E-state index in [9.17, 15) is 19.5 Å². The Morgan fingerprint density at radius 1 is 1.08 bits per heavy atom. The van der Waals surface area contributed by atoms with Gasteiger partial charge in [-0.25, -0.2) is 4.79 Å². The molecule has 1 aromatic carbocycles. The lowest BCUT2D eigenvalue weighted by atomic mass is 9.93. The minimum absolute atomic E-state index is 0.0497. The Morgan fingerprint density at radius 2 is 1.77 bits per heavy atom. The van der Waals surface area contributed by atoms with Crippen LogP contribution in [-0.2, 0) is 14.3 Å². The Labute approximate surface area is 229 Å². The highest BCUT2D eigenvalue weighted by Crippen LogP contribution is 2.43. The van der Waals surface area contributed by atoms with Crippen molar-refractivity contribution in [3.05, 3.63) is 51.9 Å². The lowest BCUT2D eigenvalue weighted by molar-refractivity contribution is -0.140. The summed E-state index contributed by atoms with van der Waals surface area (Å²) in [5.41, 5.74) is 1.93. The molecule has 1 fully saturated rings. The Balaban J connectivity index is 2.22. The average molecular weight is 542 g/mol. The number of esters is 1. The molecule has 0 aliphatic carbocycles. The summed E-state index contributed by atoms with van der Waals surface area (Å²) in [5.74, 6) is -1.42. The van der Waals surface area contributed by atoms with Crippen molar-refractivity contribution in [1.29, 1.82) is 0 Å². The summed E-state index contributed by atoms with van der Waals surface area (Å²) in [6.45, 7) is 14.0. The minimum Gasteiger partial charge on any atom is -0.507 e. The third-order valence-electron chi connectivity index (χ3n) is 7.05. The fraction of sp³-hybridized carbons (Fsp3) is 0.483. The molecule has 0 saturated carbocycles. The number of rotatable bonds is 12. The number of aryl methyl sites for hydroxylation is 1. The summed E-state index contributed by atoms with van der Waals surface area (Å²) < 4.78 is 16.3. The normalized spacial score (nSPS) is 16.7. The van der Waals surface area contributed by atoms with E-state index in [2.05, 4.69) is 9.88 Å². The van der Waals surface area contributed by atoms with E-state index in [0.29, 0.717) is 47.0 Å². The molecule has 0 spiro atoms. The first-order valence-electron chi connectivity index (χ1n) is 13.3. The van der Waals surface area contributed by atoms with Crippen molar-refractivity contribution in [3.63, 3.8) is 0 Å². The number of methoxy groups -OCH3 is 1. The summed E-state index contributed by atoms with van der Waals surface area (Å²) in [5, 5.41) is 11.6. The maximum Gasteiger partial charge on any atom is 0.355 e. The number of likely N-dealkylation sites (tertiary alicyclic amines) is 1. The van der Waals surface area contributed by atoms with E-state index < -0.39 is 23.7 Å². The number of carbonyl (C=O) groups is 3. The molecule has 1 aromatic heterocycles. The lowest BCUT2D eigenvalue weighted by Gasteiger charge is -2.28. The molecule has 1 atom stereocenters. The molecule has 1 amide bonds. The zero-order valence-electron chi connectivity index (χ0n) is 23.8. The van der Waals surface area contributed by atoms with Gasteiger partial charge < -0.3 is 34.1 Å². The number of aliphatic hydroxyl groups is 1. The van der Waals surface area contributed by atoms with Crippen LogP contribution in [0.5, 0.6) is 11.5 Å². The maximum absolute atomic E-state index is 13.5. The lowest BCUT2D eigenvalue weighted by Crippen LogP contribution is -2.38. The molecular weight excluding hydrogens is 502 g/mol. The van der Waals surface area contributed by atoms with Gasteiger partial charge >= 0.3 is 5.97 Å². The van der Waals surface area contributed by atoms with Gasteiger partial charge in [0.1, 0.15) is 11.5 Å². The summed E-state index contributed by atoms with van der Waals surface area (Å²) in [6.07, 6.45) is 0. The number of amides is 1. The molecule has 2 aromatic rings. The molecule has 10 nitrogen and oxygen atoms in total. The van der Waals surface area contributed by atoms with Crippen LogP contribution in [0.2, 0.25) is 0 Å². The highest BCUT2D eigenvalue weighted by molar-refractivity contribution is 6.46. The number of hydrogen-bond donors (Lipinski definition) is 2. The number of carbonyl (C=O) groups excluding carboxylic acids is 3. The third-order valence-corrected chi connectivity index (χ3v) is 7.05. The number of nitrogens with one attached hydrogen (secondary N) is 1. The molecule has 212 valence electrons. The zero-order chi connectivity index (χ0) is 28.9. The van der Waals surface area contributed by atoms with E-state index in [1.165, 1.54) is 12.0 Å². The molecule has 1 aliphatic heterocycles. The molecule has 2 N–H and O–H groups in total. The standard InChI is InChI=1S/C29H39N3O7/c1-8-31(9-2)14-15-32-25(19-12-13-20(38-10-3)21(16-19)37-7)23(27(34)28(32)35)26(33)22-17(5)24(30-18(22)6)29(36)39-11-4/h12-13,16,25,30,33H,8-11,14-15H2,1-7H3/b26-23+. The fourth-order valence-electron chi connectivity index (χ4n) is 5.02. The minimum atomic E-state index is -0.870. The molecule has 0 radical (unpaired) electrons. The SMILES string of the molecule is CCOC(=O)c1[nH]c(C)c(/C(O)=C2\C(=O)C(=O)N(CCN(CC)CC)C2c2ccc(OCC)c(OC)c2)c1C. The smallest absolute Gasteiger partial charge is 0.355 e. The van der Waals surface area contributed by atoms with Crippen molar-refractivity contribution < 1.29 is 33.7 Å². The van der Waals surface area contributed by atoms with Crippen LogP contribution >= 0.6 is 0 Å². The molecule has 1 unspecified atom stereocenters. The van der Waals surface area contributed by atoms with Crippen LogP contribution < -0.4 is 9.47 Å². The molecule has 39 heavy (non-hydrogen) atoms. The van der Waals surface area contributed by atoms with Crippen LogP contribution in [0.3, 0.4) is 0 Å². The predicted octanol–water partition coefficient (Wildman–Crippen LogP) is 3.98. The number of aromatic nitrogens is 1. The predicted molar refractivity (Wildman–Crippen MR) is 147 cm³/mol. The number of likely N-dealkylation sites (N-methyl/N-ethyl adjacent to an activating group) is 1. The molecule has 1 saturated heterocycles. The highest BCUT2D eigenvalue weighted by atomic mass is 16.5. The Bertz CT molecular complexity index is 1260. The first-order chi connectivity index (χ1) is 18.6. The molecule has 2 heterocycles. The third kappa shape index (κ3) is 5.80. The number of aromatic amines is 1. The second kappa shape index (κ2) is 12.8. The van der Waals surface area contributed by atoms with Crippen molar-refractivity contribution in [2.24, 2.45) is 0 Å². The Kier molecular flexibility index (Phi) is 9.80. The number of ether oxygens (including phenoxy) is 3. The monoisotopic (exact) mass is 541 g/mol. The van der Waals surface area contributed by atoms with Gasteiger partial charge in [0.25, 0.3) is 11.7 Å². The van der Waals surface area contributed by atoms with E-state index in [4.69, 9.17) is 14.2 Å². The van der Waals surface area contributed by atoms with E-state index in [1.807, 2.05) is 20.8 Å². The van der Waals surface area contributed by atoms with E-state index in [1.54, 1.807) is 39.0 Å². The van der Waals surface area contributed by atoms with Crippen LogP contribution in [0, 0.1) is 13.8 Å². The Hall–Kier alpha value is -3.79. The zero-order valence-corrected chi connectivity index (χ0v) is 23.8. The second-order valence-corrected chi connectivity index (χ2v) is 9.21. The summed E-state index contributed by atoms with van der Waals surface area (Å²) >= 11 is 0. The van der Waals surface area contributed by atoms with Crippen LogP contribution in [0.15, 0.2) is 23.8 Å². The average Bonchev–Trinajstić information content (AvgIpc) is 3.36. The van der Waals surface area contributed by atoms with Gasteiger partial charge in [0.15, 0.2) is 11.5 Å². The van der Waals surface area contributed by atoms with Crippen LogP contribution in [0.25, 0.3) is 5.76 Å². The number of nitrogens with zero attached hydrogens (tertiary/aromatic N) is 2. The number of Topliss-reactive ketones (excluding diaryl/α,β-unsaturated/α-hetero) is 1. The van der Waals surface area contributed by atoms with Crippen molar-refractivity contribution in [3.8, 4) is 11.5 Å². The number of hydrogen-bond acceptors (Lipinski definition) is 8. The summed E-state index contributed by atoms with van der Waals surface area (Å²) in [6, 6.07) is 4.35. The van der Waals surface area contributed by atoms with Crippen LogP contribution in [-0.4, -0.2) is 84.1 Å². The van der Waals surface area contributed by atoms with Gasteiger partial charge in [0.05, 0.1) is 31.9 Å². The van der Waals surface area contributed by atoms with E-state index in [-0.39, 0.29) is 30.2 Å². The molecule has 10 heteroatoms. The van der Waals surface area contributed by atoms with Gasteiger partial charge in [0.2, 0.25) is 0 Å². The van der Waals surface area contributed by atoms with Gasteiger partial charge in [-0.3, -0.25) is 9.59 Å². The van der Waals surface area contributed by atoms with Gasteiger partial charge in [-0.15, -0.1) is 0 Å². The second-order valence-electron chi connectivity index (χ2n) is 9.21. The first-order valence-corrected chi connectivity index (χ1v) is 13.3. The molecule has 0 bridgehead atoms. The van der Waals surface area contributed by atoms with Crippen LogP contribution in [0.4, 0.5) is 0 Å². The molecular formula is C29H39N3O7. The molecule has 1 aliphatic rings. The van der Waals surface area contributed by atoms with Crippen molar-refractivity contribution in [2.75, 3.05) is 46.5 Å². The van der Waals surface area contributed by atoms with Crippen molar-refractivity contribution >= 4 is 23.4 Å². The summed E-state index contributed by atoms with van der Waals surface area (Å²) in [4.78, 5) is 46.0. The van der Waals surface area contributed by atoms with Crippen LogP contribution in [0.1, 0.15) is 66.6 Å². The van der Waals surface area contributed by atoms with Gasteiger partial charge in [-0.05, 0) is 64.0 Å². The number of ketones is 1.